The summed E-state index contributed by atoms with van der Waals surface area (Å²) < 4.78 is 10.6. The first kappa shape index (κ1) is 25.0. The maximum absolute atomic E-state index is 14.0. The molecule has 3 aliphatic rings. The van der Waals surface area contributed by atoms with Gasteiger partial charge in [-0.25, -0.2) is 0 Å². The fraction of sp³-hybridized carbons (Fsp3) is 0.538. The highest BCUT2D eigenvalue weighted by Gasteiger charge is 2.45. The number of likely N-dealkylation sites (tertiary alicyclic amines) is 1. The van der Waals surface area contributed by atoms with Crippen LogP contribution in [0.3, 0.4) is 0 Å². The second-order valence-electron chi connectivity index (χ2n) is 9.84. The van der Waals surface area contributed by atoms with Crippen LogP contribution in [-0.4, -0.2) is 50.2 Å². The van der Waals surface area contributed by atoms with E-state index in [1.807, 2.05) is 13.0 Å². The van der Waals surface area contributed by atoms with Crippen molar-refractivity contribution in [2.24, 2.45) is 11.8 Å². The quantitative estimate of drug-likeness (QED) is 0.585. The Kier molecular flexibility index (Phi) is 7.21. The summed E-state index contributed by atoms with van der Waals surface area (Å²) in [5.41, 5.74) is 2.41. The monoisotopic (exact) mass is 531 g/mol. The molecule has 2 aromatic rings. The number of aliphatic carboxylic acids is 1. The molecule has 1 saturated heterocycles. The maximum Gasteiger partial charge on any atom is 0.307 e. The zero-order valence-electron chi connectivity index (χ0n) is 20.2. The molecule has 1 aliphatic carbocycles. The van der Waals surface area contributed by atoms with Crippen molar-refractivity contribution in [2.45, 2.75) is 64.6 Å². The minimum Gasteiger partial charge on any atom is -0.487 e. The van der Waals surface area contributed by atoms with E-state index in [-0.39, 0.29) is 18.4 Å². The second-order valence-corrected chi connectivity index (χ2v) is 11.3. The Bertz CT molecular complexity index is 1180. The number of carboxylic acid groups (broad SMARTS) is 1. The van der Waals surface area contributed by atoms with Crippen LogP contribution in [0.1, 0.15) is 66.4 Å². The van der Waals surface area contributed by atoms with Gasteiger partial charge in [-0.15, -0.1) is 0 Å². The van der Waals surface area contributed by atoms with Gasteiger partial charge in [0.05, 0.1) is 17.5 Å². The Hall–Kier alpha value is -2.65. The number of ether oxygens (including phenoxy) is 1. The Morgan fingerprint density at radius 3 is 2.61 bits per heavy atom. The molecular weight excluding hydrogens is 502 g/mol. The number of fused-ring (bicyclic) bond motifs is 1. The molecule has 36 heavy (non-hydrogen) atoms. The minimum atomic E-state index is -0.926. The van der Waals surface area contributed by atoms with Crippen LogP contribution in [0.25, 0.3) is 0 Å². The van der Waals surface area contributed by atoms with E-state index in [4.69, 9.17) is 16.3 Å². The maximum atomic E-state index is 14.0. The number of benzene rings is 1. The molecular formula is C26H30ClN3O5S. The topological polar surface area (TPSA) is 100 Å². The van der Waals surface area contributed by atoms with Gasteiger partial charge in [0.25, 0.3) is 0 Å². The zero-order chi connectivity index (χ0) is 25.4. The molecule has 1 saturated carbocycles. The SMILES string of the molecule is Cc1cc(COc2ccc(Cl)c3c2C(N2CCCC2=O)N(C(=O)[C@@H]2CCCC[C@@H]2C(=O)O)CC3)ns1. The Morgan fingerprint density at radius 1 is 1.17 bits per heavy atom. The van der Waals surface area contributed by atoms with Crippen molar-refractivity contribution in [2.75, 3.05) is 13.1 Å². The zero-order valence-corrected chi connectivity index (χ0v) is 21.8. The number of carbonyl (C=O) groups is 3. The highest BCUT2D eigenvalue weighted by atomic mass is 35.5. The van der Waals surface area contributed by atoms with Gasteiger partial charge in [0, 0.05) is 35.0 Å². The van der Waals surface area contributed by atoms with Gasteiger partial charge in [-0.2, -0.15) is 4.37 Å². The number of hydrogen-bond donors (Lipinski definition) is 1. The Morgan fingerprint density at radius 2 is 1.94 bits per heavy atom. The van der Waals surface area contributed by atoms with Gasteiger partial charge in [0.1, 0.15) is 18.5 Å². The molecule has 3 heterocycles. The average Bonchev–Trinajstić information content (AvgIpc) is 3.50. The van der Waals surface area contributed by atoms with Crippen LogP contribution in [0.2, 0.25) is 5.02 Å². The molecule has 0 radical (unpaired) electrons. The smallest absolute Gasteiger partial charge is 0.307 e. The van der Waals surface area contributed by atoms with Crippen molar-refractivity contribution in [1.29, 1.82) is 0 Å². The molecule has 0 bridgehead atoms. The molecule has 2 fully saturated rings. The molecule has 2 amide bonds. The van der Waals surface area contributed by atoms with Crippen LogP contribution < -0.4 is 4.74 Å². The van der Waals surface area contributed by atoms with E-state index < -0.39 is 24.0 Å². The summed E-state index contributed by atoms with van der Waals surface area (Å²) in [6.45, 7) is 3.14. The lowest BCUT2D eigenvalue weighted by Crippen LogP contribution is -2.52. The fourth-order valence-electron chi connectivity index (χ4n) is 5.85. The molecule has 1 unspecified atom stereocenters. The van der Waals surface area contributed by atoms with Crippen LogP contribution >= 0.6 is 23.1 Å². The third-order valence-corrected chi connectivity index (χ3v) is 8.64. The van der Waals surface area contributed by atoms with Gasteiger partial charge in [-0.1, -0.05) is 24.4 Å². The number of nitrogens with zero attached hydrogens (tertiary/aromatic N) is 3. The van der Waals surface area contributed by atoms with Crippen LogP contribution in [0.15, 0.2) is 18.2 Å². The number of hydrogen-bond acceptors (Lipinski definition) is 6. The Labute approximate surface area is 219 Å². The fourth-order valence-corrected chi connectivity index (χ4v) is 6.66. The van der Waals surface area contributed by atoms with E-state index in [2.05, 4.69) is 4.37 Å². The average molecular weight is 532 g/mol. The number of rotatable bonds is 6. The van der Waals surface area contributed by atoms with E-state index >= 15 is 0 Å². The Balaban J connectivity index is 1.54. The summed E-state index contributed by atoms with van der Waals surface area (Å²) in [5, 5.41) is 10.4. The predicted molar refractivity (Wildman–Crippen MR) is 135 cm³/mol. The molecule has 1 aromatic carbocycles. The van der Waals surface area contributed by atoms with Gasteiger partial charge >= 0.3 is 5.97 Å². The van der Waals surface area contributed by atoms with Crippen molar-refractivity contribution in [3.8, 4) is 5.75 Å². The summed E-state index contributed by atoms with van der Waals surface area (Å²) in [6.07, 6.45) is 3.65. The lowest BCUT2D eigenvalue weighted by Gasteiger charge is -2.45. The molecule has 8 nitrogen and oxygen atoms in total. The second kappa shape index (κ2) is 10.4. The van der Waals surface area contributed by atoms with E-state index in [0.717, 1.165) is 34.5 Å². The van der Waals surface area contributed by atoms with E-state index in [9.17, 15) is 19.5 Å². The highest BCUT2D eigenvalue weighted by Crippen LogP contribution is 2.45. The third-order valence-electron chi connectivity index (χ3n) is 7.56. The molecule has 10 heteroatoms. The van der Waals surface area contributed by atoms with Crippen molar-refractivity contribution < 1.29 is 24.2 Å². The molecule has 1 N–H and O–H groups in total. The van der Waals surface area contributed by atoms with Crippen molar-refractivity contribution in [3.05, 3.63) is 44.9 Å². The summed E-state index contributed by atoms with van der Waals surface area (Å²) in [5.74, 6) is -1.88. The van der Waals surface area contributed by atoms with Crippen LogP contribution in [0, 0.1) is 18.8 Å². The summed E-state index contributed by atoms with van der Waals surface area (Å²) in [7, 11) is 0. The van der Waals surface area contributed by atoms with Gasteiger partial charge in [0.2, 0.25) is 11.8 Å². The highest BCUT2D eigenvalue weighted by molar-refractivity contribution is 7.05. The molecule has 3 atom stereocenters. The van der Waals surface area contributed by atoms with Gasteiger partial charge in [-0.3, -0.25) is 14.4 Å². The minimum absolute atomic E-state index is 0.0230. The molecule has 2 aliphatic heterocycles. The van der Waals surface area contributed by atoms with Gasteiger partial charge < -0.3 is 19.6 Å². The van der Waals surface area contributed by atoms with E-state index in [1.54, 1.807) is 21.9 Å². The number of amides is 2. The number of carbonyl (C=O) groups excluding carboxylic acids is 2. The van der Waals surface area contributed by atoms with E-state index in [0.29, 0.717) is 56.0 Å². The van der Waals surface area contributed by atoms with Crippen LogP contribution in [0.5, 0.6) is 5.75 Å². The number of halogens is 1. The first-order valence-electron chi connectivity index (χ1n) is 12.5. The third kappa shape index (κ3) is 4.70. The summed E-state index contributed by atoms with van der Waals surface area (Å²) in [4.78, 5) is 43.5. The van der Waals surface area contributed by atoms with Crippen molar-refractivity contribution >= 4 is 40.9 Å². The first-order chi connectivity index (χ1) is 17.3. The van der Waals surface area contributed by atoms with Gasteiger partial charge in [0.15, 0.2) is 0 Å². The standard InChI is InChI=1S/C26H30ClN3O5S/c1-15-13-16(28-36-15)14-35-21-9-8-20(27)19-10-12-30(24(23(19)21)29-11-4-7-22(29)31)25(32)17-5-2-3-6-18(17)26(33)34/h8-9,13,17-18,24H,2-7,10-12,14H2,1H3,(H,33,34)/t17-,18+,24?/m1/s1. The van der Waals surface area contributed by atoms with Crippen molar-refractivity contribution in [3.63, 3.8) is 0 Å². The van der Waals surface area contributed by atoms with E-state index in [1.165, 1.54) is 11.5 Å². The molecule has 192 valence electrons. The molecule has 5 rings (SSSR count). The summed E-state index contributed by atoms with van der Waals surface area (Å²) >= 11 is 8.04. The normalized spacial score (nSPS) is 24.1. The van der Waals surface area contributed by atoms with Crippen molar-refractivity contribution in [1.82, 2.24) is 14.2 Å². The van der Waals surface area contributed by atoms with Gasteiger partial charge in [-0.05, 0) is 67.9 Å². The number of aromatic nitrogens is 1. The van der Waals surface area contributed by atoms with Crippen LogP contribution in [0.4, 0.5) is 0 Å². The first-order valence-corrected chi connectivity index (χ1v) is 13.7. The lowest BCUT2D eigenvalue weighted by molar-refractivity contribution is -0.157. The number of aryl methyl sites for hydroxylation is 1. The van der Waals surface area contributed by atoms with Crippen LogP contribution in [-0.2, 0) is 27.4 Å². The summed E-state index contributed by atoms with van der Waals surface area (Å²) in [6, 6.07) is 5.56. The largest absolute Gasteiger partial charge is 0.487 e. The predicted octanol–water partition coefficient (Wildman–Crippen LogP) is 4.58. The molecule has 0 spiro atoms. The number of carboxylic acids is 1. The lowest BCUT2D eigenvalue weighted by atomic mass is 9.78. The molecule has 1 aromatic heterocycles.